The fourth-order valence-corrected chi connectivity index (χ4v) is 4.05. The first-order valence-electron chi connectivity index (χ1n) is 8.47. The third-order valence-electron chi connectivity index (χ3n) is 4.34. The highest BCUT2D eigenvalue weighted by molar-refractivity contribution is 14.1. The number of ether oxygens (including phenoxy) is 1. The Kier molecular flexibility index (Phi) is 5.70. The van der Waals surface area contributed by atoms with Crippen LogP contribution in [0.4, 0.5) is 0 Å². The van der Waals surface area contributed by atoms with Gasteiger partial charge in [0.2, 0.25) is 0 Å². The monoisotopic (exact) mass is 524 g/mol. The predicted molar refractivity (Wildman–Crippen MR) is 120 cm³/mol. The number of aryl methyl sites for hydroxylation is 1. The number of imidazole rings is 1. The molecule has 142 valence electrons. The minimum absolute atomic E-state index is 0.229. The van der Waals surface area contributed by atoms with E-state index in [0.717, 1.165) is 32.5 Å². The van der Waals surface area contributed by atoms with Crippen LogP contribution in [0.2, 0.25) is 10.0 Å². The molecule has 4 aromatic rings. The normalized spacial score (nSPS) is 11.1. The lowest BCUT2D eigenvalue weighted by molar-refractivity contribution is 0.309. The highest BCUT2D eigenvalue weighted by Gasteiger charge is 2.15. The van der Waals surface area contributed by atoms with Crippen LogP contribution in [0.25, 0.3) is 22.3 Å². The summed E-state index contributed by atoms with van der Waals surface area (Å²) in [6.07, 6.45) is 6.89. The minimum Gasteiger partial charge on any atom is -0.487 e. The average molecular weight is 525 g/mol. The molecular weight excluding hydrogens is 510 g/mol. The van der Waals surface area contributed by atoms with Crippen LogP contribution in [0.15, 0.2) is 49.1 Å². The number of nitrogens with zero attached hydrogens (tertiary/aromatic N) is 4. The topological polar surface area (TPSA) is 52.8 Å². The summed E-state index contributed by atoms with van der Waals surface area (Å²) >= 11 is 14.7. The van der Waals surface area contributed by atoms with Crippen LogP contribution in [-0.4, -0.2) is 19.5 Å². The van der Waals surface area contributed by atoms with E-state index in [4.69, 9.17) is 32.9 Å². The molecule has 5 nitrogen and oxygen atoms in total. The fourth-order valence-electron chi connectivity index (χ4n) is 3.03. The molecule has 0 saturated carbocycles. The van der Waals surface area contributed by atoms with Crippen molar-refractivity contribution in [2.24, 2.45) is 0 Å². The molecule has 1 aromatic carbocycles. The number of alkyl halides is 1. The molecule has 0 spiro atoms. The van der Waals surface area contributed by atoms with E-state index in [0.29, 0.717) is 21.4 Å². The van der Waals surface area contributed by atoms with Crippen LogP contribution in [0.1, 0.15) is 11.3 Å². The number of para-hydroxylation sites is 1. The molecule has 4 rings (SSSR count). The van der Waals surface area contributed by atoms with Crippen molar-refractivity contribution in [3.8, 4) is 17.1 Å². The molecule has 0 amide bonds. The van der Waals surface area contributed by atoms with Crippen LogP contribution in [-0.2, 0) is 11.2 Å². The van der Waals surface area contributed by atoms with Crippen molar-refractivity contribution in [3.63, 3.8) is 0 Å². The Hall–Kier alpha value is -1.90. The molecule has 0 aliphatic carbocycles. The molecule has 3 heterocycles. The van der Waals surface area contributed by atoms with Crippen molar-refractivity contribution in [1.29, 1.82) is 0 Å². The van der Waals surface area contributed by atoms with Gasteiger partial charge >= 0.3 is 0 Å². The second-order valence-electron chi connectivity index (χ2n) is 6.17. The van der Waals surface area contributed by atoms with E-state index in [1.165, 1.54) is 0 Å². The number of hydrogen-bond acceptors (Lipinski definition) is 4. The second-order valence-corrected chi connectivity index (χ2v) is 7.67. The predicted octanol–water partition coefficient (Wildman–Crippen LogP) is 6.08. The molecule has 0 bridgehead atoms. The van der Waals surface area contributed by atoms with Gasteiger partial charge in [0.1, 0.15) is 23.7 Å². The Bertz CT molecular complexity index is 1140. The maximum Gasteiger partial charge on any atom is 0.146 e. The summed E-state index contributed by atoms with van der Waals surface area (Å²) in [6, 6.07) is 7.92. The largest absolute Gasteiger partial charge is 0.487 e. The minimum atomic E-state index is 0.229. The van der Waals surface area contributed by atoms with Crippen LogP contribution in [0.5, 0.6) is 5.75 Å². The summed E-state index contributed by atoms with van der Waals surface area (Å²) in [7, 11) is 0. The van der Waals surface area contributed by atoms with E-state index in [9.17, 15) is 0 Å². The van der Waals surface area contributed by atoms with Gasteiger partial charge in [-0.15, -0.1) is 0 Å². The standard InChI is InChI=1S/C20H15Cl2IN4O/c1-12-7-14(20-25-5-6-27(20)11-23)13-3-2-4-18(19(13)26-12)28-10-15-16(21)8-24-9-17(15)22/h2-9H,10-11H2,1H3. The lowest BCUT2D eigenvalue weighted by Gasteiger charge is -2.14. The van der Waals surface area contributed by atoms with Crippen LogP contribution < -0.4 is 4.74 Å². The van der Waals surface area contributed by atoms with Crippen molar-refractivity contribution in [1.82, 2.24) is 19.5 Å². The molecule has 0 atom stereocenters. The third kappa shape index (κ3) is 3.68. The first kappa shape index (κ1) is 19.4. The summed E-state index contributed by atoms with van der Waals surface area (Å²) < 4.78 is 8.97. The highest BCUT2D eigenvalue weighted by atomic mass is 127. The van der Waals surface area contributed by atoms with E-state index in [2.05, 4.69) is 37.1 Å². The zero-order valence-corrected chi connectivity index (χ0v) is 18.5. The molecule has 3 aromatic heterocycles. The SMILES string of the molecule is Cc1cc(-c2nccn2CI)c2cccc(OCc3c(Cl)cncc3Cl)c2n1. The molecule has 0 radical (unpaired) electrons. The summed E-state index contributed by atoms with van der Waals surface area (Å²) in [5.41, 5.74) is 3.39. The van der Waals surface area contributed by atoms with E-state index in [1.54, 1.807) is 12.4 Å². The van der Waals surface area contributed by atoms with Crippen LogP contribution in [0, 0.1) is 6.92 Å². The van der Waals surface area contributed by atoms with E-state index in [1.807, 2.05) is 43.6 Å². The van der Waals surface area contributed by atoms with Gasteiger partial charge in [-0.1, -0.05) is 57.9 Å². The van der Waals surface area contributed by atoms with Gasteiger partial charge in [-0.3, -0.25) is 4.98 Å². The Balaban J connectivity index is 1.79. The number of rotatable bonds is 5. The molecule has 8 heteroatoms. The van der Waals surface area contributed by atoms with E-state index >= 15 is 0 Å². The molecule has 0 aliphatic heterocycles. The highest BCUT2D eigenvalue weighted by Crippen LogP contribution is 2.34. The maximum absolute atomic E-state index is 6.21. The van der Waals surface area contributed by atoms with E-state index in [-0.39, 0.29) is 6.61 Å². The van der Waals surface area contributed by atoms with Gasteiger partial charge in [0, 0.05) is 47.0 Å². The smallest absolute Gasteiger partial charge is 0.146 e. The van der Waals surface area contributed by atoms with Crippen molar-refractivity contribution >= 4 is 56.7 Å². The summed E-state index contributed by atoms with van der Waals surface area (Å²) in [5.74, 6) is 1.57. The van der Waals surface area contributed by atoms with Crippen molar-refractivity contribution in [2.75, 3.05) is 0 Å². The molecular formula is C20H15Cl2IN4O. The average Bonchev–Trinajstić information content (AvgIpc) is 3.16. The van der Waals surface area contributed by atoms with Crippen molar-refractivity contribution in [2.45, 2.75) is 18.1 Å². The van der Waals surface area contributed by atoms with Gasteiger partial charge < -0.3 is 9.30 Å². The maximum atomic E-state index is 6.21. The molecule has 0 aliphatic rings. The lowest BCUT2D eigenvalue weighted by atomic mass is 10.1. The van der Waals surface area contributed by atoms with Gasteiger partial charge in [0.05, 0.1) is 14.6 Å². The molecule has 0 N–H and O–H groups in total. The zero-order chi connectivity index (χ0) is 19.7. The quantitative estimate of drug-likeness (QED) is 0.234. The van der Waals surface area contributed by atoms with Gasteiger partial charge in [0.15, 0.2) is 0 Å². The Morgan fingerprint density at radius 1 is 1.18 bits per heavy atom. The summed E-state index contributed by atoms with van der Waals surface area (Å²) in [6.45, 7) is 2.19. The molecule has 0 unspecified atom stereocenters. The number of fused-ring (bicyclic) bond motifs is 1. The van der Waals surface area contributed by atoms with Gasteiger partial charge in [-0.25, -0.2) is 9.97 Å². The first-order chi connectivity index (χ1) is 13.6. The number of halogens is 3. The number of hydrogen-bond donors (Lipinski definition) is 0. The number of aromatic nitrogens is 4. The molecule has 0 saturated heterocycles. The third-order valence-corrected chi connectivity index (χ3v) is 5.73. The summed E-state index contributed by atoms with van der Waals surface area (Å²) in [4.78, 5) is 13.2. The first-order valence-corrected chi connectivity index (χ1v) is 10.7. The lowest BCUT2D eigenvalue weighted by Crippen LogP contribution is -2.01. The van der Waals surface area contributed by atoms with Crippen LogP contribution >= 0.6 is 45.8 Å². The molecule has 28 heavy (non-hydrogen) atoms. The van der Waals surface area contributed by atoms with Gasteiger partial charge in [-0.2, -0.15) is 0 Å². The fraction of sp³-hybridized carbons (Fsp3) is 0.150. The van der Waals surface area contributed by atoms with E-state index < -0.39 is 0 Å². The Morgan fingerprint density at radius 2 is 1.96 bits per heavy atom. The van der Waals surface area contributed by atoms with Crippen molar-refractivity contribution in [3.05, 3.63) is 70.4 Å². The van der Waals surface area contributed by atoms with Gasteiger partial charge in [0.25, 0.3) is 0 Å². The van der Waals surface area contributed by atoms with Crippen molar-refractivity contribution < 1.29 is 4.74 Å². The number of pyridine rings is 2. The van der Waals surface area contributed by atoms with Crippen LogP contribution in [0.3, 0.4) is 0 Å². The van der Waals surface area contributed by atoms with Gasteiger partial charge in [-0.05, 0) is 19.1 Å². The Labute approximate surface area is 185 Å². The Morgan fingerprint density at radius 3 is 2.71 bits per heavy atom. The molecule has 0 fully saturated rings. The zero-order valence-electron chi connectivity index (χ0n) is 14.9. The second kappa shape index (κ2) is 8.23. The number of benzene rings is 1. The summed E-state index contributed by atoms with van der Waals surface area (Å²) in [5, 5.41) is 1.93.